The summed E-state index contributed by atoms with van der Waals surface area (Å²) in [6, 6.07) is 0.415. The number of hydrogen-bond acceptors (Lipinski definition) is 2. The van der Waals surface area contributed by atoms with Crippen LogP contribution in [0.2, 0.25) is 5.02 Å². The standard InChI is InChI=1S/C11H12ClF2NO/c1-5(15)11(2-3-11)8-9(14)7(13)4-6(12)10(8)16/h4-5,16H,2-3,15H2,1H3. The number of phenols is 1. The van der Waals surface area contributed by atoms with E-state index in [2.05, 4.69) is 0 Å². The molecule has 0 aromatic heterocycles. The lowest BCUT2D eigenvalue weighted by Gasteiger charge is -2.22. The lowest BCUT2D eigenvalue weighted by Crippen LogP contribution is -2.32. The molecular weight excluding hydrogens is 236 g/mol. The summed E-state index contributed by atoms with van der Waals surface area (Å²) in [5.74, 6) is -2.49. The van der Waals surface area contributed by atoms with Gasteiger partial charge in [-0.15, -0.1) is 0 Å². The van der Waals surface area contributed by atoms with E-state index >= 15 is 0 Å². The summed E-state index contributed by atoms with van der Waals surface area (Å²) < 4.78 is 26.9. The molecule has 5 heteroatoms. The molecule has 1 saturated carbocycles. The highest BCUT2D eigenvalue weighted by Crippen LogP contribution is 2.55. The van der Waals surface area contributed by atoms with E-state index in [4.69, 9.17) is 17.3 Å². The smallest absolute Gasteiger partial charge is 0.166 e. The van der Waals surface area contributed by atoms with Crippen molar-refractivity contribution in [3.05, 3.63) is 28.3 Å². The molecule has 0 saturated heterocycles. The minimum atomic E-state index is -1.05. The van der Waals surface area contributed by atoms with Crippen LogP contribution < -0.4 is 5.73 Å². The van der Waals surface area contributed by atoms with Gasteiger partial charge in [-0.2, -0.15) is 0 Å². The summed E-state index contributed by atoms with van der Waals surface area (Å²) in [7, 11) is 0. The largest absolute Gasteiger partial charge is 0.506 e. The van der Waals surface area contributed by atoms with E-state index in [0.717, 1.165) is 6.07 Å². The molecule has 2 nitrogen and oxygen atoms in total. The maximum atomic E-state index is 13.7. The molecule has 0 aliphatic heterocycles. The summed E-state index contributed by atoms with van der Waals surface area (Å²) >= 11 is 5.63. The molecule has 1 aromatic rings. The molecule has 3 N–H and O–H groups in total. The predicted octanol–water partition coefficient (Wildman–Crippen LogP) is 2.70. The Kier molecular flexibility index (Phi) is 2.59. The van der Waals surface area contributed by atoms with E-state index in [1.165, 1.54) is 0 Å². The summed E-state index contributed by atoms with van der Waals surface area (Å²) in [5.41, 5.74) is 5.02. The number of halogens is 3. The minimum Gasteiger partial charge on any atom is -0.506 e. The van der Waals surface area contributed by atoms with Gasteiger partial charge < -0.3 is 10.8 Å². The average molecular weight is 248 g/mol. The topological polar surface area (TPSA) is 46.2 Å². The van der Waals surface area contributed by atoms with Gasteiger partial charge in [-0.3, -0.25) is 0 Å². The van der Waals surface area contributed by atoms with Gasteiger partial charge in [0.1, 0.15) is 5.75 Å². The SMILES string of the molecule is CC(N)C1(c2c(O)c(Cl)cc(F)c2F)CC1. The molecule has 16 heavy (non-hydrogen) atoms. The van der Waals surface area contributed by atoms with Crippen molar-refractivity contribution in [3.63, 3.8) is 0 Å². The molecule has 0 amide bonds. The molecule has 2 rings (SSSR count). The van der Waals surface area contributed by atoms with E-state index in [9.17, 15) is 13.9 Å². The summed E-state index contributed by atoms with van der Waals surface area (Å²) in [4.78, 5) is 0. The Morgan fingerprint density at radius 3 is 2.50 bits per heavy atom. The van der Waals surface area contributed by atoms with Crippen molar-refractivity contribution in [3.8, 4) is 5.75 Å². The predicted molar refractivity (Wildman–Crippen MR) is 57.6 cm³/mol. The zero-order chi connectivity index (χ0) is 12.1. The van der Waals surface area contributed by atoms with Crippen LogP contribution in [0.1, 0.15) is 25.3 Å². The third-order valence-corrected chi connectivity index (χ3v) is 3.59. The van der Waals surface area contributed by atoms with Gasteiger partial charge in [-0.25, -0.2) is 8.78 Å². The fraction of sp³-hybridized carbons (Fsp3) is 0.455. The van der Waals surface area contributed by atoms with Crippen molar-refractivity contribution in [1.29, 1.82) is 0 Å². The van der Waals surface area contributed by atoms with Crippen LogP contribution in [-0.2, 0) is 5.41 Å². The highest BCUT2D eigenvalue weighted by Gasteiger charge is 2.51. The first-order valence-corrected chi connectivity index (χ1v) is 5.40. The molecule has 1 unspecified atom stereocenters. The van der Waals surface area contributed by atoms with Gasteiger partial charge in [-0.05, 0) is 25.8 Å². The maximum absolute atomic E-state index is 13.7. The molecule has 1 atom stereocenters. The second-order valence-corrected chi connectivity index (χ2v) is 4.73. The molecule has 0 spiro atoms. The normalized spacial score (nSPS) is 19.6. The Balaban J connectivity index is 2.65. The Morgan fingerprint density at radius 1 is 1.50 bits per heavy atom. The van der Waals surface area contributed by atoms with Gasteiger partial charge in [0.2, 0.25) is 0 Å². The van der Waals surface area contributed by atoms with Gasteiger partial charge in [0.05, 0.1) is 5.02 Å². The number of phenolic OH excluding ortho intramolecular Hbond substituents is 1. The molecule has 88 valence electrons. The quantitative estimate of drug-likeness (QED) is 0.790. The van der Waals surface area contributed by atoms with Crippen molar-refractivity contribution in [2.24, 2.45) is 5.73 Å². The fourth-order valence-electron chi connectivity index (χ4n) is 2.11. The molecule has 1 aliphatic carbocycles. The van der Waals surface area contributed by atoms with Crippen LogP contribution in [0.5, 0.6) is 5.75 Å². The average Bonchev–Trinajstić information content (AvgIpc) is 2.97. The second kappa shape index (κ2) is 3.57. The van der Waals surface area contributed by atoms with E-state index in [0.29, 0.717) is 12.8 Å². The van der Waals surface area contributed by atoms with Gasteiger partial charge >= 0.3 is 0 Å². The van der Waals surface area contributed by atoms with E-state index in [1.54, 1.807) is 6.92 Å². The lowest BCUT2D eigenvalue weighted by atomic mass is 9.88. The van der Waals surface area contributed by atoms with Gasteiger partial charge in [0.15, 0.2) is 11.6 Å². The minimum absolute atomic E-state index is 0.0764. The second-order valence-electron chi connectivity index (χ2n) is 4.32. The Labute approximate surface area is 97.0 Å². The van der Waals surface area contributed by atoms with E-state index in [1.807, 2.05) is 0 Å². The van der Waals surface area contributed by atoms with Crippen LogP contribution in [0.4, 0.5) is 8.78 Å². The molecule has 0 radical (unpaired) electrons. The molecule has 0 bridgehead atoms. The first kappa shape index (κ1) is 11.6. The highest BCUT2D eigenvalue weighted by atomic mass is 35.5. The Bertz CT molecular complexity index is 418. The Morgan fingerprint density at radius 2 is 2.06 bits per heavy atom. The van der Waals surface area contributed by atoms with Crippen molar-refractivity contribution in [2.45, 2.75) is 31.2 Å². The van der Waals surface area contributed by atoms with Crippen LogP contribution in [-0.4, -0.2) is 11.1 Å². The summed E-state index contributed by atoms with van der Waals surface area (Å²) in [6.45, 7) is 1.71. The van der Waals surface area contributed by atoms with Crippen LogP contribution >= 0.6 is 11.6 Å². The first-order chi connectivity index (χ1) is 7.40. The highest BCUT2D eigenvalue weighted by molar-refractivity contribution is 6.32. The molecule has 1 fully saturated rings. The summed E-state index contributed by atoms with van der Waals surface area (Å²) in [5, 5.41) is 9.55. The van der Waals surface area contributed by atoms with Crippen LogP contribution in [0, 0.1) is 11.6 Å². The third-order valence-electron chi connectivity index (χ3n) is 3.30. The first-order valence-electron chi connectivity index (χ1n) is 5.02. The number of hydrogen-bond donors (Lipinski definition) is 2. The monoisotopic (exact) mass is 247 g/mol. The van der Waals surface area contributed by atoms with Crippen LogP contribution in [0.25, 0.3) is 0 Å². The molecule has 0 heterocycles. The fourth-order valence-corrected chi connectivity index (χ4v) is 2.30. The van der Waals surface area contributed by atoms with E-state index in [-0.39, 0.29) is 16.6 Å². The van der Waals surface area contributed by atoms with Crippen molar-refractivity contribution >= 4 is 11.6 Å². The van der Waals surface area contributed by atoms with Crippen molar-refractivity contribution in [2.75, 3.05) is 0 Å². The zero-order valence-electron chi connectivity index (χ0n) is 8.73. The zero-order valence-corrected chi connectivity index (χ0v) is 9.48. The van der Waals surface area contributed by atoms with Gasteiger partial charge in [-0.1, -0.05) is 11.6 Å². The number of benzene rings is 1. The third kappa shape index (κ3) is 1.48. The summed E-state index contributed by atoms with van der Waals surface area (Å²) in [6.07, 6.45) is 1.27. The van der Waals surface area contributed by atoms with E-state index < -0.39 is 22.8 Å². The molecule has 1 aliphatic rings. The van der Waals surface area contributed by atoms with Gasteiger partial charge in [0, 0.05) is 17.0 Å². The van der Waals surface area contributed by atoms with Crippen LogP contribution in [0.15, 0.2) is 6.07 Å². The van der Waals surface area contributed by atoms with Crippen molar-refractivity contribution < 1.29 is 13.9 Å². The molecular formula is C11H12ClF2NO. The van der Waals surface area contributed by atoms with Crippen LogP contribution in [0.3, 0.4) is 0 Å². The van der Waals surface area contributed by atoms with Crippen molar-refractivity contribution in [1.82, 2.24) is 0 Å². The lowest BCUT2D eigenvalue weighted by molar-refractivity contribution is 0.412. The molecule has 1 aromatic carbocycles. The Hall–Kier alpha value is -0.870. The maximum Gasteiger partial charge on any atom is 0.166 e. The number of nitrogens with two attached hydrogens (primary N) is 1. The number of rotatable bonds is 2. The number of aromatic hydroxyl groups is 1. The van der Waals surface area contributed by atoms with Gasteiger partial charge in [0.25, 0.3) is 0 Å².